The van der Waals surface area contributed by atoms with E-state index in [0.29, 0.717) is 24.0 Å². The molecule has 5 heteroatoms. The van der Waals surface area contributed by atoms with Gasteiger partial charge in [0, 0.05) is 24.9 Å². The Morgan fingerprint density at radius 2 is 2.00 bits per heavy atom. The van der Waals surface area contributed by atoms with Gasteiger partial charge in [0.15, 0.2) is 0 Å². The number of rotatable bonds is 7. The zero-order valence-electron chi connectivity index (χ0n) is 14.9. The lowest BCUT2D eigenvalue weighted by Gasteiger charge is -2.26. The zero-order valence-corrected chi connectivity index (χ0v) is 14.9. The minimum absolute atomic E-state index is 0.349. The van der Waals surface area contributed by atoms with E-state index in [1.807, 2.05) is 12.1 Å². The van der Waals surface area contributed by atoms with Crippen LogP contribution in [0.15, 0.2) is 28.9 Å². The molecule has 3 rings (SSSR count). The Morgan fingerprint density at radius 3 is 2.68 bits per heavy atom. The van der Waals surface area contributed by atoms with Crippen LogP contribution in [0.1, 0.15) is 74.9 Å². The number of hydrogen-bond donors (Lipinski definition) is 1. The Morgan fingerprint density at radius 1 is 1.24 bits per heavy atom. The summed E-state index contributed by atoms with van der Waals surface area (Å²) in [6.07, 6.45) is 12.2. The molecule has 1 fully saturated rings. The summed E-state index contributed by atoms with van der Waals surface area (Å²) in [6, 6.07) is 6.03. The molecule has 0 unspecified atom stereocenters. The third kappa shape index (κ3) is 4.60. The molecule has 0 radical (unpaired) electrons. The Balaban J connectivity index is 1.60. The molecule has 2 aromatic rings. The van der Waals surface area contributed by atoms with Crippen LogP contribution in [-0.4, -0.2) is 9.97 Å². The van der Waals surface area contributed by atoms with Crippen LogP contribution in [0.25, 0.3) is 0 Å². The lowest BCUT2D eigenvalue weighted by atomic mass is 9.80. The minimum Gasteiger partial charge on any atom is -0.424 e. The van der Waals surface area contributed by atoms with Crippen molar-refractivity contribution in [1.29, 1.82) is 5.26 Å². The summed E-state index contributed by atoms with van der Waals surface area (Å²) in [5.41, 5.74) is 1.45. The van der Waals surface area contributed by atoms with Gasteiger partial charge in [-0.2, -0.15) is 5.26 Å². The van der Waals surface area contributed by atoms with Gasteiger partial charge in [-0.25, -0.2) is 4.98 Å². The molecular formula is C20H26N4O. The number of oxazole rings is 1. The first kappa shape index (κ1) is 17.5. The van der Waals surface area contributed by atoms with Crippen LogP contribution < -0.4 is 5.32 Å². The van der Waals surface area contributed by atoms with Gasteiger partial charge in [-0.1, -0.05) is 26.2 Å². The van der Waals surface area contributed by atoms with Gasteiger partial charge in [-0.05, 0) is 49.3 Å². The second-order valence-corrected chi connectivity index (χ2v) is 6.91. The SMILES string of the molecule is CCCCC1CCC(c2nc(C#N)c(NCc3ccncc3)o2)CC1. The summed E-state index contributed by atoms with van der Waals surface area (Å²) in [4.78, 5) is 8.46. The maximum atomic E-state index is 9.34. The number of hydrogen-bond acceptors (Lipinski definition) is 5. The molecule has 132 valence electrons. The molecular weight excluding hydrogens is 312 g/mol. The molecule has 5 nitrogen and oxygen atoms in total. The second kappa shape index (κ2) is 8.66. The van der Waals surface area contributed by atoms with Crippen molar-refractivity contribution in [3.63, 3.8) is 0 Å². The van der Waals surface area contributed by atoms with Gasteiger partial charge < -0.3 is 9.73 Å². The normalized spacial score (nSPS) is 20.2. The fourth-order valence-corrected chi connectivity index (χ4v) is 3.58. The topological polar surface area (TPSA) is 74.7 Å². The van der Waals surface area contributed by atoms with Crippen molar-refractivity contribution < 1.29 is 4.42 Å². The molecule has 1 N–H and O–H groups in total. The van der Waals surface area contributed by atoms with E-state index >= 15 is 0 Å². The zero-order chi connectivity index (χ0) is 17.5. The van der Waals surface area contributed by atoms with Crippen molar-refractivity contribution in [2.24, 2.45) is 5.92 Å². The van der Waals surface area contributed by atoms with Crippen LogP contribution in [0.4, 0.5) is 5.88 Å². The molecule has 0 aromatic carbocycles. The van der Waals surface area contributed by atoms with Crippen LogP contribution in [0, 0.1) is 17.2 Å². The van der Waals surface area contributed by atoms with E-state index in [1.165, 1.54) is 32.1 Å². The first-order chi connectivity index (χ1) is 12.3. The third-order valence-electron chi connectivity index (χ3n) is 5.11. The highest BCUT2D eigenvalue weighted by molar-refractivity contribution is 5.46. The summed E-state index contributed by atoms with van der Waals surface area (Å²) in [6.45, 7) is 2.85. The highest BCUT2D eigenvalue weighted by Gasteiger charge is 2.27. The predicted octanol–water partition coefficient (Wildman–Crippen LogP) is 5.02. The van der Waals surface area contributed by atoms with Gasteiger partial charge >= 0.3 is 0 Å². The molecule has 2 aromatic heterocycles. The van der Waals surface area contributed by atoms with E-state index in [1.54, 1.807) is 12.4 Å². The number of aromatic nitrogens is 2. The molecule has 1 aliphatic rings. The average Bonchev–Trinajstić information content (AvgIpc) is 3.09. The fraction of sp³-hybridized carbons (Fsp3) is 0.550. The van der Waals surface area contributed by atoms with Crippen molar-refractivity contribution in [2.45, 2.75) is 64.3 Å². The lowest BCUT2D eigenvalue weighted by molar-refractivity contribution is 0.278. The van der Waals surface area contributed by atoms with E-state index in [4.69, 9.17) is 4.42 Å². The van der Waals surface area contributed by atoms with Crippen LogP contribution in [0.2, 0.25) is 0 Å². The van der Waals surface area contributed by atoms with Crippen LogP contribution in [-0.2, 0) is 6.54 Å². The van der Waals surface area contributed by atoms with Gasteiger partial charge in [0.05, 0.1) is 0 Å². The predicted molar refractivity (Wildman–Crippen MR) is 97.0 cm³/mol. The Bertz CT molecular complexity index is 696. The van der Waals surface area contributed by atoms with E-state index < -0.39 is 0 Å². The van der Waals surface area contributed by atoms with Crippen LogP contribution >= 0.6 is 0 Å². The Labute approximate surface area is 149 Å². The highest BCUT2D eigenvalue weighted by atomic mass is 16.4. The van der Waals surface area contributed by atoms with Gasteiger partial charge in [0.2, 0.25) is 17.5 Å². The van der Waals surface area contributed by atoms with Gasteiger partial charge in [0.25, 0.3) is 0 Å². The number of anilines is 1. The largest absolute Gasteiger partial charge is 0.424 e. The maximum absolute atomic E-state index is 9.34. The Kier molecular flexibility index (Phi) is 6.05. The summed E-state index contributed by atoms with van der Waals surface area (Å²) in [5, 5.41) is 12.5. The number of nitrogens with one attached hydrogen (secondary N) is 1. The number of nitriles is 1. The Hall–Kier alpha value is -2.35. The summed E-state index contributed by atoms with van der Waals surface area (Å²) >= 11 is 0. The highest BCUT2D eigenvalue weighted by Crippen LogP contribution is 2.38. The molecule has 0 aliphatic heterocycles. The first-order valence-corrected chi connectivity index (χ1v) is 9.33. The van der Waals surface area contributed by atoms with Gasteiger partial charge in [-0.15, -0.1) is 0 Å². The van der Waals surface area contributed by atoms with Crippen molar-refractivity contribution >= 4 is 5.88 Å². The number of pyridine rings is 1. The molecule has 0 atom stereocenters. The molecule has 25 heavy (non-hydrogen) atoms. The quantitative estimate of drug-likeness (QED) is 0.767. The van der Waals surface area contributed by atoms with Gasteiger partial charge in [0.1, 0.15) is 6.07 Å². The average molecular weight is 338 g/mol. The molecule has 0 saturated heterocycles. The van der Waals surface area contributed by atoms with E-state index in [0.717, 1.165) is 30.2 Å². The van der Waals surface area contributed by atoms with E-state index in [9.17, 15) is 5.26 Å². The molecule has 2 heterocycles. The maximum Gasteiger partial charge on any atom is 0.232 e. The van der Waals surface area contributed by atoms with Crippen molar-refractivity contribution in [1.82, 2.24) is 9.97 Å². The van der Waals surface area contributed by atoms with Crippen molar-refractivity contribution in [3.05, 3.63) is 41.7 Å². The molecule has 1 aliphatic carbocycles. The van der Waals surface area contributed by atoms with E-state index in [-0.39, 0.29) is 0 Å². The summed E-state index contributed by atoms with van der Waals surface area (Å²) in [7, 11) is 0. The second-order valence-electron chi connectivity index (χ2n) is 6.91. The molecule has 1 saturated carbocycles. The number of unbranched alkanes of at least 4 members (excludes halogenated alkanes) is 1. The van der Waals surface area contributed by atoms with E-state index in [2.05, 4.69) is 28.3 Å². The summed E-state index contributed by atoms with van der Waals surface area (Å²) < 4.78 is 5.92. The van der Waals surface area contributed by atoms with Crippen molar-refractivity contribution in [2.75, 3.05) is 5.32 Å². The van der Waals surface area contributed by atoms with Gasteiger partial charge in [-0.3, -0.25) is 4.98 Å². The molecule has 0 amide bonds. The fourth-order valence-electron chi connectivity index (χ4n) is 3.58. The smallest absolute Gasteiger partial charge is 0.232 e. The molecule has 0 bridgehead atoms. The first-order valence-electron chi connectivity index (χ1n) is 9.33. The standard InChI is InChI=1S/C20H26N4O/c1-2-3-4-15-5-7-17(8-6-15)19-24-18(13-21)20(25-19)23-14-16-9-11-22-12-10-16/h9-12,15,17,23H,2-8,14H2,1H3. The third-order valence-corrected chi connectivity index (χ3v) is 5.11. The monoisotopic (exact) mass is 338 g/mol. The lowest BCUT2D eigenvalue weighted by Crippen LogP contribution is -2.13. The van der Waals surface area contributed by atoms with Crippen LogP contribution in [0.3, 0.4) is 0 Å². The molecule has 0 spiro atoms. The number of nitrogens with zero attached hydrogens (tertiary/aromatic N) is 3. The minimum atomic E-state index is 0.349. The van der Waals surface area contributed by atoms with Crippen LogP contribution in [0.5, 0.6) is 0 Å². The summed E-state index contributed by atoms with van der Waals surface area (Å²) in [5.74, 6) is 2.41. The van der Waals surface area contributed by atoms with Crippen molar-refractivity contribution in [3.8, 4) is 6.07 Å².